The van der Waals surface area contributed by atoms with Gasteiger partial charge in [-0.1, -0.05) is 84.4 Å². The van der Waals surface area contributed by atoms with E-state index in [1.54, 1.807) is 84.9 Å². The van der Waals surface area contributed by atoms with Crippen molar-refractivity contribution in [1.29, 1.82) is 0 Å². The number of ketones is 3. The molecule has 0 bridgehead atoms. The van der Waals surface area contributed by atoms with Crippen molar-refractivity contribution >= 4 is 29.0 Å². The molecular weight excluding hydrogens is 424 g/mol. The molecule has 0 spiro atoms. The Labute approximate surface area is 191 Å². The summed E-state index contributed by atoms with van der Waals surface area (Å²) in [4.78, 5) is 40.5. The van der Waals surface area contributed by atoms with Crippen molar-refractivity contribution < 1.29 is 19.5 Å². The Morgan fingerprint density at radius 1 is 0.844 bits per heavy atom. The van der Waals surface area contributed by atoms with Gasteiger partial charge in [-0.2, -0.15) is 0 Å². The summed E-state index contributed by atoms with van der Waals surface area (Å²) in [6.45, 7) is 1.50. The van der Waals surface area contributed by atoms with Gasteiger partial charge in [-0.25, -0.2) is 0 Å². The first-order chi connectivity index (χ1) is 15.3. The molecule has 5 heteroatoms. The first-order valence-corrected chi connectivity index (χ1v) is 10.9. The first kappa shape index (κ1) is 22.1. The van der Waals surface area contributed by atoms with Crippen LogP contribution in [0, 0.1) is 11.8 Å². The second-order valence-corrected chi connectivity index (χ2v) is 8.93. The third-order valence-corrected chi connectivity index (χ3v) is 6.46. The van der Waals surface area contributed by atoms with Crippen LogP contribution in [-0.4, -0.2) is 28.1 Å². The van der Waals surface area contributed by atoms with Crippen LogP contribution in [0.3, 0.4) is 0 Å². The van der Waals surface area contributed by atoms with Crippen LogP contribution in [0.5, 0.6) is 0 Å². The number of aliphatic hydroxyl groups is 1. The van der Waals surface area contributed by atoms with Gasteiger partial charge < -0.3 is 5.11 Å². The summed E-state index contributed by atoms with van der Waals surface area (Å²) < 4.78 is 0. The molecule has 1 aliphatic rings. The Morgan fingerprint density at radius 3 is 1.88 bits per heavy atom. The van der Waals surface area contributed by atoms with Crippen molar-refractivity contribution in [3.63, 3.8) is 0 Å². The quantitative estimate of drug-likeness (QED) is 0.435. The average Bonchev–Trinajstić information content (AvgIpc) is 2.79. The Bertz CT molecular complexity index is 1140. The van der Waals surface area contributed by atoms with Gasteiger partial charge in [-0.3, -0.25) is 14.4 Å². The maximum absolute atomic E-state index is 13.7. The van der Waals surface area contributed by atoms with E-state index < -0.39 is 23.4 Å². The van der Waals surface area contributed by atoms with Gasteiger partial charge in [-0.05, 0) is 24.6 Å². The van der Waals surface area contributed by atoms with Gasteiger partial charge in [-0.15, -0.1) is 0 Å². The highest BCUT2D eigenvalue weighted by Crippen LogP contribution is 2.48. The minimum Gasteiger partial charge on any atom is -0.389 e. The van der Waals surface area contributed by atoms with E-state index in [0.717, 1.165) is 0 Å². The van der Waals surface area contributed by atoms with Gasteiger partial charge in [0, 0.05) is 28.5 Å². The maximum Gasteiger partial charge on any atom is 0.173 e. The topological polar surface area (TPSA) is 71.4 Å². The molecule has 32 heavy (non-hydrogen) atoms. The molecule has 1 N–H and O–H groups in total. The molecular formula is C27H23ClO4. The van der Waals surface area contributed by atoms with Crippen molar-refractivity contribution in [2.45, 2.75) is 24.9 Å². The molecule has 3 aromatic carbocycles. The first-order valence-electron chi connectivity index (χ1n) is 10.5. The van der Waals surface area contributed by atoms with Crippen LogP contribution in [-0.2, 0) is 4.79 Å². The zero-order chi connectivity index (χ0) is 22.9. The predicted octanol–water partition coefficient (Wildman–Crippen LogP) is 5.15. The van der Waals surface area contributed by atoms with E-state index in [1.807, 2.05) is 0 Å². The molecule has 4 rings (SSSR count). The summed E-state index contributed by atoms with van der Waals surface area (Å²) >= 11 is 6.07. The number of Topliss-reactive ketones (excluding diaryl/α,β-unsaturated/α-hetero) is 3. The zero-order valence-electron chi connectivity index (χ0n) is 17.6. The van der Waals surface area contributed by atoms with Gasteiger partial charge >= 0.3 is 0 Å². The Kier molecular flexibility index (Phi) is 6.09. The lowest BCUT2D eigenvalue weighted by molar-refractivity contribution is -0.134. The summed E-state index contributed by atoms with van der Waals surface area (Å²) in [6.07, 6.45) is -0.274. The molecule has 1 saturated carbocycles. The number of carbonyl (C=O) groups is 3. The van der Waals surface area contributed by atoms with Crippen LogP contribution in [0.1, 0.15) is 45.5 Å². The molecule has 0 aromatic heterocycles. The van der Waals surface area contributed by atoms with Crippen LogP contribution < -0.4 is 0 Å². The van der Waals surface area contributed by atoms with Crippen molar-refractivity contribution in [1.82, 2.24) is 0 Å². The number of hydrogen-bond donors (Lipinski definition) is 1. The third-order valence-electron chi connectivity index (χ3n) is 6.20. The summed E-state index contributed by atoms with van der Waals surface area (Å²) in [5, 5.41) is 11.8. The van der Waals surface area contributed by atoms with E-state index in [0.29, 0.717) is 21.7 Å². The fourth-order valence-corrected chi connectivity index (χ4v) is 4.87. The van der Waals surface area contributed by atoms with Gasteiger partial charge in [0.1, 0.15) is 5.78 Å². The number of rotatable bonds is 5. The fraction of sp³-hybridized carbons (Fsp3) is 0.222. The lowest BCUT2D eigenvalue weighted by Gasteiger charge is -2.45. The smallest absolute Gasteiger partial charge is 0.173 e. The molecule has 0 aliphatic heterocycles. The van der Waals surface area contributed by atoms with Gasteiger partial charge in [0.2, 0.25) is 0 Å². The van der Waals surface area contributed by atoms with Crippen LogP contribution in [0.4, 0.5) is 0 Å². The van der Waals surface area contributed by atoms with Crippen molar-refractivity contribution in [2.75, 3.05) is 0 Å². The SMILES string of the molecule is C[C@@]1(O)CC(=O)[C@@H](C(=O)c2ccccc2)[C@H](c2ccc(Cl)cc2)[C@@H]1C(=O)c1ccccc1. The van der Waals surface area contributed by atoms with Crippen molar-refractivity contribution in [3.05, 3.63) is 107 Å². The lowest BCUT2D eigenvalue weighted by Crippen LogP contribution is -2.54. The molecule has 162 valence electrons. The van der Waals surface area contributed by atoms with Crippen LogP contribution >= 0.6 is 11.6 Å². The number of carbonyl (C=O) groups excluding carboxylic acids is 3. The second-order valence-electron chi connectivity index (χ2n) is 8.49. The molecule has 0 heterocycles. The maximum atomic E-state index is 13.7. The van der Waals surface area contributed by atoms with Gasteiger partial charge in [0.25, 0.3) is 0 Å². The largest absolute Gasteiger partial charge is 0.389 e. The Hall–Kier alpha value is -3.08. The monoisotopic (exact) mass is 446 g/mol. The molecule has 0 radical (unpaired) electrons. The Balaban J connectivity index is 1.89. The molecule has 1 fully saturated rings. The molecule has 1 aliphatic carbocycles. The standard InChI is InChI=1S/C27H23ClO4/c1-27(32)16-21(29)23(25(30)18-8-4-2-5-9-18)22(17-12-14-20(28)15-13-17)24(27)26(31)19-10-6-3-7-11-19/h2-15,22-24,32H,16H2,1H3/t22-,23+,24+,27+/m0/s1. The third kappa shape index (κ3) is 4.16. The summed E-state index contributed by atoms with van der Waals surface area (Å²) in [5.41, 5.74) is -0.164. The normalized spacial score (nSPS) is 25.3. The Morgan fingerprint density at radius 2 is 1.34 bits per heavy atom. The van der Waals surface area contributed by atoms with E-state index in [1.165, 1.54) is 6.92 Å². The van der Waals surface area contributed by atoms with Crippen LogP contribution in [0.25, 0.3) is 0 Å². The molecule has 0 saturated heterocycles. The zero-order valence-corrected chi connectivity index (χ0v) is 18.3. The van der Waals surface area contributed by atoms with Crippen LogP contribution in [0.15, 0.2) is 84.9 Å². The van der Waals surface area contributed by atoms with Gasteiger partial charge in [0.05, 0.1) is 17.4 Å². The highest BCUT2D eigenvalue weighted by molar-refractivity contribution is 6.30. The molecule has 0 amide bonds. The lowest BCUT2D eigenvalue weighted by atomic mass is 9.58. The molecule has 3 aromatic rings. The van der Waals surface area contributed by atoms with E-state index >= 15 is 0 Å². The second kappa shape index (κ2) is 8.81. The number of halogens is 1. The van der Waals surface area contributed by atoms with Gasteiger partial charge in [0.15, 0.2) is 11.6 Å². The summed E-state index contributed by atoms with van der Waals surface area (Å²) in [5.74, 6) is -3.92. The highest BCUT2D eigenvalue weighted by atomic mass is 35.5. The van der Waals surface area contributed by atoms with Crippen molar-refractivity contribution in [3.8, 4) is 0 Å². The van der Waals surface area contributed by atoms with E-state index in [2.05, 4.69) is 0 Å². The number of hydrogen-bond acceptors (Lipinski definition) is 4. The molecule has 4 nitrogen and oxygen atoms in total. The minimum absolute atomic E-state index is 0.274. The van der Waals surface area contributed by atoms with Crippen LogP contribution in [0.2, 0.25) is 5.02 Å². The summed E-state index contributed by atoms with van der Waals surface area (Å²) in [6, 6.07) is 24.0. The molecule has 0 unspecified atom stereocenters. The molecule has 4 atom stereocenters. The van der Waals surface area contributed by atoms with Crippen molar-refractivity contribution in [2.24, 2.45) is 11.8 Å². The van der Waals surface area contributed by atoms with E-state index in [4.69, 9.17) is 11.6 Å². The average molecular weight is 447 g/mol. The highest BCUT2D eigenvalue weighted by Gasteiger charge is 2.55. The van der Waals surface area contributed by atoms with E-state index in [-0.39, 0.29) is 23.8 Å². The summed E-state index contributed by atoms with van der Waals surface area (Å²) in [7, 11) is 0. The van der Waals surface area contributed by atoms with E-state index in [9.17, 15) is 19.5 Å². The fourth-order valence-electron chi connectivity index (χ4n) is 4.74. The minimum atomic E-state index is -1.61. The predicted molar refractivity (Wildman–Crippen MR) is 123 cm³/mol. The number of benzene rings is 3.